The largest absolute Gasteiger partial charge is 0.350 e. The van der Waals surface area contributed by atoms with Crippen molar-refractivity contribution in [1.29, 1.82) is 0 Å². The Balaban J connectivity index is 1.46. The Kier molecular flexibility index (Phi) is 4.90. The summed E-state index contributed by atoms with van der Waals surface area (Å²) in [5.41, 5.74) is 0.850. The van der Waals surface area contributed by atoms with Gasteiger partial charge in [0.05, 0.1) is 11.4 Å². The highest BCUT2D eigenvalue weighted by atomic mass is 35.5. The second-order valence-electron chi connectivity index (χ2n) is 6.66. The molecule has 3 heterocycles. The fourth-order valence-corrected chi connectivity index (χ4v) is 4.61. The summed E-state index contributed by atoms with van der Waals surface area (Å²) in [5, 5.41) is 5.25. The third-order valence-corrected chi connectivity index (χ3v) is 6.14. The van der Waals surface area contributed by atoms with Crippen LogP contribution in [0.5, 0.6) is 0 Å². The van der Waals surface area contributed by atoms with Crippen molar-refractivity contribution >= 4 is 23.4 Å². The van der Waals surface area contributed by atoms with E-state index in [9.17, 15) is 4.79 Å². The van der Waals surface area contributed by atoms with Gasteiger partial charge in [0.1, 0.15) is 5.82 Å². The molecule has 8 heteroatoms. The molecule has 1 aromatic carbocycles. The summed E-state index contributed by atoms with van der Waals surface area (Å²) < 4.78 is 3.35. The van der Waals surface area contributed by atoms with Crippen LogP contribution in [0.15, 0.2) is 27.9 Å². The molecule has 0 radical (unpaired) electrons. The van der Waals surface area contributed by atoms with Gasteiger partial charge in [-0.15, -0.1) is 11.8 Å². The predicted molar refractivity (Wildman–Crippen MR) is 101 cm³/mol. The molecule has 0 atom stereocenters. The molecule has 0 saturated carbocycles. The van der Waals surface area contributed by atoms with E-state index >= 15 is 0 Å². The van der Waals surface area contributed by atoms with Gasteiger partial charge in [-0.05, 0) is 31.7 Å². The number of aromatic nitrogens is 3. The molecule has 1 fully saturated rings. The normalized spacial score (nSPS) is 18.2. The summed E-state index contributed by atoms with van der Waals surface area (Å²) in [5.74, 6) is 1.53. The van der Waals surface area contributed by atoms with Gasteiger partial charge in [-0.2, -0.15) is 5.10 Å². The van der Waals surface area contributed by atoms with Gasteiger partial charge in [0.25, 0.3) is 0 Å². The summed E-state index contributed by atoms with van der Waals surface area (Å²) in [7, 11) is 2.16. The standard InChI is InChI=1S/C17H22ClN5OS/c1-20-7-9-21(10-8-20)5-2-6-22-17(24)23-14-4-3-13(18)11-15(14)25-12-16(23)19-22/h3-4,11H,2,5-10,12H2,1H3. The minimum atomic E-state index is -0.0442. The van der Waals surface area contributed by atoms with Crippen molar-refractivity contribution in [1.82, 2.24) is 24.1 Å². The molecule has 2 aromatic rings. The van der Waals surface area contributed by atoms with Gasteiger partial charge in [-0.25, -0.2) is 14.0 Å². The van der Waals surface area contributed by atoms with Crippen molar-refractivity contribution < 1.29 is 0 Å². The molecule has 0 spiro atoms. The van der Waals surface area contributed by atoms with E-state index in [0.29, 0.717) is 17.3 Å². The number of rotatable bonds is 4. The zero-order valence-corrected chi connectivity index (χ0v) is 15.9. The van der Waals surface area contributed by atoms with Crippen LogP contribution in [-0.4, -0.2) is 63.9 Å². The molecule has 0 unspecified atom stereocenters. The molecule has 6 nitrogen and oxygen atoms in total. The zero-order chi connectivity index (χ0) is 17.4. The fraction of sp³-hybridized carbons (Fsp3) is 0.529. The molecular weight excluding hydrogens is 358 g/mol. The van der Waals surface area contributed by atoms with E-state index in [0.717, 1.165) is 55.6 Å². The number of fused-ring (bicyclic) bond motifs is 3. The Morgan fingerprint density at radius 2 is 2.00 bits per heavy atom. The molecule has 0 aliphatic carbocycles. The third-order valence-electron chi connectivity index (χ3n) is 4.87. The van der Waals surface area contributed by atoms with Crippen LogP contribution in [-0.2, 0) is 12.3 Å². The van der Waals surface area contributed by atoms with E-state index in [2.05, 4.69) is 21.9 Å². The van der Waals surface area contributed by atoms with Crippen molar-refractivity contribution in [2.45, 2.75) is 23.6 Å². The zero-order valence-electron chi connectivity index (χ0n) is 14.3. The van der Waals surface area contributed by atoms with Gasteiger partial charge >= 0.3 is 5.69 Å². The highest BCUT2D eigenvalue weighted by Crippen LogP contribution is 2.34. The molecule has 25 heavy (non-hydrogen) atoms. The number of hydrogen-bond acceptors (Lipinski definition) is 5. The maximum atomic E-state index is 12.8. The van der Waals surface area contributed by atoms with Crippen molar-refractivity contribution in [2.24, 2.45) is 0 Å². The maximum absolute atomic E-state index is 12.8. The molecule has 4 rings (SSSR count). The molecular formula is C17H22ClN5OS. The van der Waals surface area contributed by atoms with Gasteiger partial charge in [0.2, 0.25) is 0 Å². The van der Waals surface area contributed by atoms with Gasteiger partial charge in [-0.3, -0.25) is 0 Å². The lowest BCUT2D eigenvalue weighted by Gasteiger charge is -2.32. The summed E-state index contributed by atoms with van der Waals surface area (Å²) in [6, 6.07) is 5.65. The first kappa shape index (κ1) is 17.1. The lowest BCUT2D eigenvalue weighted by molar-refractivity contribution is 0.150. The van der Waals surface area contributed by atoms with Crippen LogP contribution >= 0.6 is 23.4 Å². The monoisotopic (exact) mass is 379 g/mol. The number of piperazine rings is 1. The van der Waals surface area contributed by atoms with E-state index in [4.69, 9.17) is 11.6 Å². The van der Waals surface area contributed by atoms with Crippen LogP contribution in [0.25, 0.3) is 5.69 Å². The molecule has 134 valence electrons. The Bertz CT molecular complexity index is 825. The van der Waals surface area contributed by atoms with Crippen molar-refractivity contribution in [3.8, 4) is 5.69 Å². The van der Waals surface area contributed by atoms with Gasteiger partial charge < -0.3 is 9.80 Å². The molecule has 2 aliphatic rings. The molecule has 2 aliphatic heterocycles. The average Bonchev–Trinajstić information content (AvgIpc) is 2.93. The second kappa shape index (κ2) is 7.15. The predicted octanol–water partition coefficient (Wildman–Crippen LogP) is 1.93. The average molecular weight is 380 g/mol. The summed E-state index contributed by atoms with van der Waals surface area (Å²) in [6.07, 6.45) is 0.945. The van der Waals surface area contributed by atoms with Crippen molar-refractivity contribution in [3.63, 3.8) is 0 Å². The van der Waals surface area contributed by atoms with Crippen LogP contribution in [0.1, 0.15) is 12.2 Å². The third kappa shape index (κ3) is 3.51. The second-order valence-corrected chi connectivity index (χ2v) is 8.11. The van der Waals surface area contributed by atoms with Gasteiger partial charge in [-0.1, -0.05) is 11.6 Å². The first-order chi connectivity index (χ1) is 12.1. The minimum Gasteiger partial charge on any atom is -0.304 e. The van der Waals surface area contributed by atoms with Crippen LogP contribution in [0.3, 0.4) is 0 Å². The fourth-order valence-electron chi connectivity index (χ4n) is 3.38. The minimum absolute atomic E-state index is 0.0442. The Morgan fingerprint density at radius 1 is 1.20 bits per heavy atom. The lowest BCUT2D eigenvalue weighted by Crippen LogP contribution is -2.44. The number of aryl methyl sites for hydroxylation is 1. The highest BCUT2D eigenvalue weighted by Gasteiger charge is 2.22. The molecule has 1 aromatic heterocycles. The van der Waals surface area contributed by atoms with Crippen LogP contribution in [0, 0.1) is 0 Å². The number of nitrogens with zero attached hydrogens (tertiary/aromatic N) is 5. The van der Waals surface area contributed by atoms with E-state index in [1.807, 2.05) is 18.2 Å². The molecule has 0 amide bonds. The van der Waals surface area contributed by atoms with Crippen molar-refractivity contribution in [3.05, 3.63) is 39.5 Å². The SMILES string of the molecule is CN1CCN(CCCn2nc3n(c2=O)-c2ccc(Cl)cc2SC3)CC1. The molecule has 1 saturated heterocycles. The summed E-state index contributed by atoms with van der Waals surface area (Å²) >= 11 is 7.75. The van der Waals surface area contributed by atoms with Crippen molar-refractivity contribution in [2.75, 3.05) is 39.8 Å². The van der Waals surface area contributed by atoms with E-state index in [-0.39, 0.29) is 5.69 Å². The smallest absolute Gasteiger partial charge is 0.304 e. The maximum Gasteiger partial charge on any atom is 0.350 e. The Hall–Kier alpha value is -1.28. The summed E-state index contributed by atoms with van der Waals surface area (Å²) in [4.78, 5) is 18.6. The van der Waals surface area contributed by atoms with E-state index in [1.54, 1.807) is 21.0 Å². The molecule has 0 bridgehead atoms. The highest BCUT2D eigenvalue weighted by molar-refractivity contribution is 7.98. The number of hydrogen-bond donors (Lipinski definition) is 0. The Morgan fingerprint density at radius 3 is 2.80 bits per heavy atom. The molecule has 0 N–H and O–H groups in total. The van der Waals surface area contributed by atoms with Gasteiger partial charge in [0, 0.05) is 49.2 Å². The number of thioether (sulfide) groups is 1. The first-order valence-corrected chi connectivity index (χ1v) is 10.0. The van der Waals surface area contributed by atoms with Crippen LogP contribution in [0.2, 0.25) is 5.02 Å². The van der Waals surface area contributed by atoms with Gasteiger partial charge in [0.15, 0.2) is 0 Å². The lowest BCUT2D eigenvalue weighted by atomic mass is 10.3. The quantitative estimate of drug-likeness (QED) is 0.812. The first-order valence-electron chi connectivity index (χ1n) is 8.64. The topological polar surface area (TPSA) is 46.3 Å². The number of halogens is 1. The van der Waals surface area contributed by atoms with Crippen LogP contribution < -0.4 is 5.69 Å². The number of benzene rings is 1. The van der Waals surface area contributed by atoms with E-state index in [1.165, 1.54) is 0 Å². The number of likely N-dealkylation sites (N-methyl/N-ethyl adjacent to an activating group) is 1. The Labute approximate surface area is 156 Å². The van der Waals surface area contributed by atoms with E-state index < -0.39 is 0 Å². The summed E-state index contributed by atoms with van der Waals surface area (Å²) in [6.45, 7) is 6.14. The van der Waals surface area contributed by atoms with Crippen LogP contribution in [0.4, 0.5) is 0 Å².